The van der Waals surface area contributed by atoms with Crippen molar-refractivity contribution in [3.8, 4) is 0 Å². The summed E-state index contributed by atoms with van der Waals surface area (Å²) in [4.78, 5) is 18.2. The lowest BCUT2D eigenvalue weighted by Crippen LogP contribution is -2.55. The van der Waals surface area contributed by atoms with E-state index in [2.05, 4.69) is 10.3 Å². The van der Waals surface area contributed by atoms with Crippen molar-refractivity contribution in [1.29, 1.82) is 0 Å². The second kappa shape index (κ2) is 8.60. The van der Waals surface area contributed by atoms with Crippen molar-refractivity contribution in [1.82, 2.24) is 9.88 Å². The molecule has 30 heavy (non-hydrogen) atoms. The third-order valence-electron chi connectivity index (χ3n) is 4.67. The molecule has 0 bridgehead atoms. The summed E-state index contributed by atoms with van der Waals surface area (Å²) in [6.45, 7) is 3.48. The van der Waals surface area contributed by atoms with Crippen LogP contribution in [-0.2, 0) is 6.18 Å². The molecule has 0 amide bonds. The van der Waals surface area contributed by atoms with Crippen molar-refractivity contribution < 1.29 is 18.1 Å². The van der Waals surface area contributed by atoms with E-state index in [1.165, 1.54) is 18.2 Å². The van der Waals surface area contributed by atoms with E-state index in [0.29, 0.717) is 36.3 Å². The van der Waals surface area contributed by atoms with Crippen LogP contribution in [0.2, 0.25) is 5.02 Å². The molecule has 12 heteroatoms. The summed E-state index contributed by atoms with van der Waals surface area (Å²) in [6.07, 6.45) is -3.23. The first-order valence-corrected chi connectivity index (χ1v) is 9.64. The fourth-order valence-electron chi connectivity index (χ4n) is 3.14. The molecule has 0 aliphatic carbocycles. The fraction of sp³-hybridized carbons (Fsp3) is 0.333. The predicted octanol–water partition coefficient (Wildman–Crippen LogP) is 4.57. The van der Waals surface area contributed by atoms with E-state index in [1.807, 2.05) is 16.7 Å². The number of hydrogen-bond donors (Lipinski definition) is 1. The van der Waals surface area contributed by atoms with Crippen molar-refractivity contribution in [2.75, 3.05) is 29.9 Å². The van der Waals surface area contributed by atoms with Crippen LogP contribution in [0.15, 0.2) is 36.5 Å². The number of benzene rings is 1. The standard InChI is InChI=1S/C18H17ClF3N5O2S/c1-11-10-25(16-15(19)8-14(9-23-16)27(28)29)6-7-26(11)17(30)24-13-4-2-12(3-5-13)18(20,21)22/h2-5,8-9,11H,6-7,10H2,1H3,(H,24,30)/t11-/m1/s1. The first-order chi connectivity index (χ1) is 14.1. The number of nitrogens with zero attached hydrogens (tertiary/aromatic N) is 4. The van der Waals surface area contributed by atoms with E-state index in [-0.39, 0.29) is 16.8 Å². The molecule has 1 aromatic carbocycles. The smallest absolute Gasteiger partial charge is 0.352 e. The molecule has 1 aromatic heterocycles. The average molecular weight is 460 g/mol. The van der Waals surface area contributed by atoms with Gasteiger partial charge in [-0.2, -0.15) is 13.2 Å². The molecule has 1 saturated heterocycles. The maximum atomic E-state index is 12.7. The van der Waals surface area contributed by atoms with Gasteiger partial charge in [0.25, 0.3) is 5.69 Å². The molecule has 0 radical (unpaired) electrons. The Labute approximate surface area is 180 Å². The molecule has 2 aromatic rings. The molecule has 7 nitrogen and oxygen atoms in total. The minimum Gasteiger partial charge on any atom is -0.352 e. The molecule has 3 rings (SSSR count). The summed E-state index contributed by atoms with van der Waals surface area (Å²) >= 11 is 11.6. The third-order valence-corrected chi connectivity index (χ3v) is 5.28. The van der Waals surface area contributed by atoms with Crippen LogP contribution >= 0.6 is 23.8 Å². The summed E-state index contributed by atoms with van der Waals surface area (Å²) in [6, 6.07) is 5.86. The number of nitrogens with one attached hydrogen (secondary N) is 1. The van der Waals surface area contributed by atoms with E-state index in [9.17, 15) is 23.3 Å². The van der Waals surface area contributed by atoms with Gasteiger partial charge in [-0.3, -0.25) is 10.1 Å². The maximum Gasteiger partial charge on any atom is 0.416 e. The van der Waals surface area contributed by atoms with E-state index in [1.54, 1.807) is 0 Å². The lowest BCUT2D eigenvalue weighted by molar-refractivity contribution is -0.385. The Balaban J connectivity index is 1.64. The van der Waals surface area contributed by atoms with E-state index in [0.717, 1.165) is 18.3 Å². The second-order valence-corrected chi connectivity index (χ2v) is 7.54. The second-order valence-electron chi connectivity index (χ2n) is 6.75. The molecular weight excluding hydrogens is 443 g/mol. The summed E-state index contributed by atoms with van der Waals surface area (Å²) in [5.74, 6) is 0.454. The molecule has 0 spiro atoms. The van der Waals surface area contributed by atoms with Crippen molar-refractivity contribution in [3.05, 3.63) is 57.2 Å². The Bertz CT molecular complexity index is 958. The van der Waals surface area contributed by atoms with Gasteiger partial charge in [0.05, 0.1) is 15.5 Å². The minimum absolute atomic E-state index is 0.0544. The lowest BCUT2D eigenvalue weighted by Gasteiger charge is -2.41. The van der Waals surface area contributed by atoms with Crippen LogP contribution in [0.4, 0.5) is 30.4 Å². The highest BCUT2D eigenvalue weighted by atomic mass is 35.5. The van der Waals surface area contributed by atoms with Gasteiger partial charge in [0.2, 0.25) is 0 Å². The summed E-state index contributed by atoms with van der Waals surface area (Å²) in [5.41, 5.74) is -0.450. The first-order valence-electron chi connectivity index (χ1n) is 8.86. The normalized spacial score (nSPS) is 17.0. The van der Waals surface area contributed by atoms with E-state index >= 15 is 0 Å². The SMILES string of the molecule is C[C@@H]1CN(c2ncc([N+](=O)[O-])cc2Cl)CCN1C(=S)Nc1ccc(C(F)(F)F)cc1. The Kier molecular flexibility index (Phi) is 6.32. The molecule has 1 aliphatic rings. The Morgan fingerprint density at radius 2 is 2.00 bits per heavy atom. The molecule has 2 heterocycles. The first kappa shape index (κ1) is 22.0. The predicted molar refractivity (Wildman–Crippen MR) is 112 cm³/mol. The van der Waals surface area contributed by atoms with Crippen LogP contribution in [0.3, 0.4) is 0 Å². The molecule has 0 saturated carbocycles. The number of alkyl halides is 3. The van der Waals surface area contributed by atoms with Gasteiger partial charge in [-0.1, -0.05) is 11.6 Å². The van der Waals surface area contributed by atoms with Gasteiger partial charge in [-0.25, -0.2) is 4.98 Å². The Hall–Kier alpha value is -2.66. The number of hydrogen-bond acceptors (Lipinski definition) is 5. The quantitative estimate of drug-likeness (QED) is 0.409. The van der Waals surface area contributed by atoms with Crippen molar-refractivity contribution in [2.24, 2.45) is 0 Å². The van der Waals surface area contributed by atoms with Crippen molar-refractivity contribution >= 4 is 46.1 Å². The number of pyridine rings is 1. The van der Waals surface area contributed by atoms with Gasteiger partial charge in [-0.15, -0.1) is 0 Å². The van der Waals surface area contributed by atoms with Crippen LogP contribution in [0.5, 0.6) is 0 Å². The number of rotatable bonds is 3. The zero-order valence-corrected chi connectivity index (χ0v) is 17.3. The van der Waals surface area contributed by atoms with Crippen LogP contribution in [0, 0.1) is 10.1 Å². The van der Waals surface area contributed by atoms with Crippen molar-refractivity contribution in [2.45, 2.75) is 19.1 Å². The highest BCUT2D eigenvalue weighted by molar-refractivity contribution is 7.80. The molecule has 1 fully saturated rings. The van der Waals surface area contributed by atoms with Crippen LogP contribution in [0.25, 0.3) is 0 Å². The van der Waals surface area contributed by atoms with Gasteiger partial charge < -0.3 is 15.1 Å². The third kappa shape index (κ3) is 4.90. The van der Waals surface area contributed by atoms with E-state index < -0.39 is 16.7 Å². The van der Waals surface area contributed by atoms with Gasteiger partial charge in [0, 0.05) is 37.4 Å². The summed E-state index contributed by atoms with van der Waals surface area (Å²) < 4.78 is 38.1. The van der Waals surface area contributed by atoms with Crippen LogP contribution in [0.1, 0.15) is 12.5 Å². The summed E-state index contributed by atoms with van der Waals surface area (Å²) in [5, 5.41) is 14.4. The number of aromatic nitrogens is 1. The van der Waals surface area contributed by atoms with E-state index in [4.69, 9.17) is 23.8 Å². The lowest BCUT2D eigenvalue weighted by atomic mass is 10.2. The maximum absolute atomic E-state index is 12.7. The number of piperazine rings is 1. The van der Waals surface area contributed by atoms with Gasteiger partial charge in [-0.05, 0) is 43.4 Å². The molecule has 160 valence electrons. The highest BCUT2D eigenvalue weighted by Crippen LogP contribution is 2.31. The van der Waals surface area contributed by atoms with Crippen LogP contribution in [-0.4, -0.2) is 45.6 Å². The topological polar surface area (TPSA) is 74.5 Å². The van der Waals surface area contributed by atoms with Crippen molar-refractivity contribution in [3.63, 3.8) is 0 Å². The number of halogens is 4. The average Bonchev–Trinajstić information content (AvgIpc) is 2.67. The Morgan fingerprint density at radius 1 is 1.33 bits per heavy atom. The molecule has 0 unspecified atom stereocenters. The van der Waals surface area contributed by atoms with Gasteiger partial charge in [0.1, 0.15) is 12.0 Å². The van der Waals surface area contributed by atoms with Gasteiger partial charge in [0.15, 0.2) is 5.11 Å². The number of thiocarbonyl (C=S) groups is 1. The van der Waals surface area contributed by atoms with Crippen LogP contribution < -0.4 is 10.2 Å². The zero-order chi connectivity index (χ0) is 22.1. The molecule has 1 N–H and O–H groups in total. The largest absolute Gasteiger partial charge is 0.416 e. The number of nitro groups is 1. The summed E-state index contributed by atoms with van der Waals surface area (Å²) in [7, 11) is 0. The minimum atomic E-state index is -4.39. The fourth-order valence-corrected chi connectivity index (χ4v) is 3.81. The Morgan fingerprint density at radius 3 is 2.53 bits per heavy atom. The number of anilines is 2. The monoisotopic (exact) mass is 459 g/mol. The molecular formula is C18H17ClF3N5O2S. The zero-order valence-electron chi connectivity index (χ0n) is 15.7. The van der Waals surface area contributed by atoms with Gasteiger partial charge >= 0.3 is 6.18 Å². The highest BCUT2D eigenvalue weighted by Gasteiger charge is 2.30. The molecule has 1 atom stereocenters. The molecule has 1 aliphatic heterocycles.